The quantitative estimate of drug-likeness (QED) is 0.762. The zero-order chi connectivity index (χ0) is 12.3. The van der Waals surface area contributed by atoms with Crippen LogP contribution < -0.4 is 5.32 Å². The van der Waals surface area contributed by atoms with Crippen molar-refractivity contribution in [2.24, 2.45) is 0 Å². The molecule has 2 rings (SSSR count). The van der Waals surface area contributed by atoms with Crippen molar-refractivity contribution in [1.29, 1.82) is 0 Å². The number of benzene rings is 1. The Balaban J connectivity index is 2.18. The molecule has 2 N–H and O–H groups in total. The van der Waals surface area contributed by atoms with E-state index >= 15 is 0 Å². The number of hydrogen-bond donors (Lipinski definition) is 2. The number of likely N-dealkylation sites (N-methyl/N-ethyl adjacent to an activating group) is 1. The van der Waals surface area contributed by atoms with Crippen LogP contribution in [-0.2, 0) is 6.42 Å². The maximum Gasteiger partial charge on any atom is 0.123 e. The van der Waals surface area contributed by atoms with Gasteiger partial charge in [0.05, 0.1) is 0 Å². The Morgan fingerprint density at radius 3 is 3.06 bits per heavy atom. The number of rotatable bonds is 5. The third kappa shape index (κ3) is 2.56. The number of H-pyrrole nitrogens is 1. The minimum Gasteiger partial charge on any atom is -0.361 e. The van der Waals surface area contributed by atoms with Crippen molar-refractivity contribution in [1.82, 2.24) is 10.3 Å². The molecule has 3 heteroatoms. The van der Waals surface area contributed by atoms with Crippen molar-refractivity contribution in [3.63, 3.8) is 0 Å². The summed E-state index contributed by atoms with van der Waals surface area (Å²) >= 11 is 0. The molecule has 2 nitrogen and oxygen atoms in total. The Bertz CT molecular complexity index is 516. The van der Waals surface area contributed by atoms with Gasteiger partial charge in [0.2, 0.25) is 0 Å². The maximum atomic E-state index is 13.2. The van der Waals surface area contributed by atoms with Crippen LogP contribution in [0.5, 0.6) is 0 Å². The minimum absolute atomic E-state index is 0.188. The lowest BCUT2D eigenvalue weighted by Crippen LogP contribution is -2.22. The smallest absolute Gasteiger partial charge is 0.123 e. The number of halogens is 1. The molecule has 90 valence electrons. The highest BCUT2D eigenvalue weighted by Crippen LogP contribution is 2.21. The normalized spacial score (nSPS) is 12.8. The van der Waals surface area contributed by atoms with Crippen LogP contribution in [0.1, 0.15) is 12.0 Å². The molecule has 0 saturated heterocycles. The topological polar surface area (TPSA) is 27.8 Å². The van der Waals surface area contributed by atoms with Crippen LogP contribution >= 0.6 is 0 Å². The predicted octanol–water partition coefficient (Wildman–Crippen LogP) is 3.01. The van der Waals surface area contributed by atoms with Gasteiger partial charge in [-0.25, -0.2) is 4.39 Å². The third-order valence-electron chi connectivity index (χ3n) is 3.11. The van der Waals surface area contributed by atoms with E-state index in [-0.39, 0.29) is 5.82 Å². The fourth-order valence-electron chi connectivity index (χ4n) is 2.05. The summed E-state index contributed by atoms with van der Waals surface area (Å²) in [4.78, 5) is 3.16. The summed E-state index contributed by atoms with van der Waals surface area (Å²) in [7, 11) is 1.92. The number of fused-ring (bicyclic) bond motifs is 1. The molecule has 0 spiro atoms. The molecule has 0 bridgehead atoms. The van der Waals surface area contributed by atoms with Gasteiger partial charge in [0.25, 0.3) is 0 Å². The highest BCUT2D eigenvalue weighted by atomic mass is 19.1. The van der Waals surface area contributed by atoms with E-state index in [1.54, 1.807) is 12.1 Å². The van der Waals surface area contributed by atoms with Crippen molar-refractivity contribution in [2.75, 3.05) is 7.05 Å². The van der Waals surface area contributed by atoms with Gasteiger partial charge in [0, 0.05) is 23.1 Å². The van der Waals surface area contributed by atoms with Crippen LogP contribution in [0.15, 0.2) is 37.1 Å². The van der Waals surface area contributed by atoms with E-state index in [9.17, 15) is 4.39 Å². The molecule has 0 radical (unpaired) electrons. The summed E-state index contributed by atoms with van der Waals surface area (Å²) < 4.78 is 13.2. The first kappa shape index (κ1) is 11.9. The van der Waals surface area contributed by atoms with Gasteiger partial charge in [-0.15, -0.1) is 6.58 Å². The molecule has 0 aliphatic rings. The summed E-state index contributed by atoms with van der Waals surface area (Å²) in [5.74, 6) is -0.188. The number of hydrogen-bond acceptors (Lipinski definition) is 1. The van der Waals surface area contributed by atoms with Gasteiger partial charge in [-0.1, -0.05) is 6.08 Å². The lowest BCUT2D eigenvalue weighted by Gasteiger charge is -2.10. The molecule has 17 heavy (non-hydrogen) atoms. The molecule has 0 saturated carbocycles. The predicted molar refractivity (Wildman–Crippen MR) is 69.6 cm³/mol. The molecule has 0 aliphatic heterocycles. The van der Waals surface area contributed by atoms with E-state index < -0.39 is 0 Å². The summed E-state index contributed by atoms with van der Waals surface area (Å²) in [6, 6.07) is 5.14. The number of aromatic amines is 1. The van der Waals surface area contributed by atoms with Crippen LogP contribution in [0.25, 0.3) is 10.9 Å². The number of nitrogens with one attached hydrogen (secondary N) is 2. The van der Waals surface area contributed by atoms with E-state index in [0.29, 0.717) is 6.04 Å². The van der Waals surface area contributed by atoms with Crippen LogP contribution in [0.4, 0.5) is 4.39 Å². The Kier molecular flexibility index (Phi) is 3.59. The number of aryl methyl sites for hydroxylation is 1. The van der Waals surface area contributed by atoms with Gasteiger partial charge in [-0.3, -0.25) is 0 Å². The van der Waals surface area contributed by atoms with Gasteiger partial charge in [-0.2, -0.15) is 0 Å². The average molecular weight is 232 g/mol. The van der Waals surface area contributed by atoms with E-state index in [1.807, 2.05) is 19.3 Å². The summed E-state index contributed by atoms with van der Waals surface area (Å²) in [6.07, 6.45) is 5.72. The largest absolute Gasteiger partial charge is 0.361 e. The fraction of sp³-hybridized carbons (Fsp3) is 0.286. The summed E-state index contributed by atoms with van der Waals surface area (Å²) in [6.45, 7) is 3.78. The van der Waals surface area contributed by atoms with Crippen LogP contribution in [0.2, 0.25) is 0 Å². The molecule has 0 amide bonds. The summed E-state index contributed by atoms with van der Waals surface area (Å²) in [5.41, 5.74) is 2.14. The average Bonchev–Trinajstić information content (AvgIpc) is 2.73. The maximum absolute atomic E-state index is 13.2. The van der Waals surface area contributed by atoms with Crippen LogP contribution in [0, 0.1) is 5.82 Å². The van der Waals surface area contributed by atoms with E-state index in [4.69, 9.17) is 0 Å². The van der Waals surface area contributed by atoms with Gasteiger partial charge in [-0.05, 0) is 43.7 Å². The monoisotopic (exact) mass is 232 g/mol. The highest BCUT2D eigenvalue weighted by Gasteiger charge is 2.07. The standard InChI is InChI=1S/C14H17FN2/c1-3-12(16-2)6-4-10-9-17-14-7-5-11(15)8-13(10)14/h3,5,7-9,12,16-17H,1,4,6H2,2H3. The molecule has 1 aromatic carbocycles. The zero-order valence-electron chi connectivity index (χ0n) is 9.96. The van der Waals surface area contributed by atoms with Crippen molar-refractivity contribution < 1.29 is 4.39 Å². The Morgan fingerprint density at radius 1 is 1.53 bits per heavy atom. The molecule has 1 atom stereocenters. The van der Waals surface area contributed by atoms with Crippen LogP contribution in [0.3, 0.4) is 0 Å². The van der Waals surface area contributed by atoms with Crippen molar-refractivity contribution >= 4 is 10.9 Å². The molecule has 1 aromatic heterocycles. The second-order valence-corrected chi connectivity index (χ2v) is 4.17. The highest BCUT2D eigenvalue weighted by molar-refractivity contribution is 5.83. The third-order valence-corrected chi connectivity index (χ3v) is 3.11. The first-order chi connectivity index (χ1) is 8.24. The van der Waals surface area contributed by atoms with E-state index in [2.05, 4.69) is 16.9 Å². The molecule has 0 fully saturated rings. The van der Waals surface area contributed by atoms with Crippen LogP contribution in [-0.4, -0.2) is 18.1 Å². The SMILES string of the molecule is C=CC(CCc1c[nH]c2ccc(F)cc12)NC. The van der Waals surface area contributed by atoms with Gasteiger partial charge in [0.1, 0.15) is 5.82 Å². The van der Waals surface area contributed by atoms with Crippen molar-refractivity contribution in [2.45, 2.75) is 18.9 Å². The second kappa shape index (κ2) is 5.15. The minimum atomic E-state index is -0.188. The molecule has 1 heterocycles. The van der Waals surface area contributed by atoms with Crippen molar-refractivity contribution in [3.8, 4) is 0 Å². The first-order valence-electron chi connectivity index (χ1n) is 5.80. The fourth-order valence-corrected chi connectivity index (χ4v) is 2.05. The summed E-state index contributed by atoms with van der Waals surface area (Å²) in [5, 5.41) is 4.15. The molecular weight excluding hydrogens is 215 g/mol. The lowest BCUT2D eigenvalue weighted by atomic mass is 10.0. The second-order valence-electron chi connectivity index (χ2n) is 4.17. The molecular formula is C14H17FN2. The zero-order valence-corrected chi connectivity index (χ0v) is 9.96. The molecule has 0 aliphatic carbocycles. The van der Waals surface area contributed by atoms with E-state index in [0.717, 1.165) is 29.3 Å². The van der Waals surface area contributed by atoms with Gasteiger partial charge >= 0.3 is 0 Å². The number of aromatic nitrogens is 1. The Hall–Kier alpha value is -1.61. The van der Waals surface area contributed by atoms with E-state index in [1.165, 1.54) is 6.07 Å². The Morgan fingerprint density at radius 2 is 2.35 bits per heavy atom. The first-order valence-corrected chi connectivity index (χ1v) is 5.80. The molecule has 1 unspecified atom stereocenters. The van der Waals surface area contributed by atoms with Crippen molar-refractivity contribution in [3.05, 3.63) is 48.4 Å². The Labute approximate surface area is 101 Å². The van der Waals surface area contributed by atoms with Gasteiger partial charge in [0.15, 0.2) is 0 Å². The lowest BCUT2D eigenvalue weighted by molar-refractivity contribution is 0.615. The molecule has 2 aromatic rings. The van der Waals surface area contributed by atoms with Gasteiger partial charge < -0.3 is 10.3 Å².